The molecule has 0 bridgehead atoms. The summed E-state index contributed by atoms with van der Waals surface area (Å²) < 4.78 is 2.67. The molecule has 6 heteroatoms. The third kappa shape index (κ3) is 3.82. The van der Waals surface area contributed by atoms with E-state index in [-0.39, 0.29) is 12.5 Å². The van der Waals surface area contributed by atoms with Gasteiger partial charge in [-0.3, -0.25) is 9.48 Å². The lowest BCUT2D eigenvalue weighted by Crippen LogP contribution is -2.23. The molecule has 2 rings (SSSR count). The fraction of sp³-hybridized carbons (Fsp3) is 0.231. The Bertz CT molecular complexity index is 567. The molecule has 100 valence electrons. The number of anilines is 1. The number of hydrogen-bond acceptors (Lipinski definition) is 3. The van der Waals surface area contributed by atoms with E-state index in [1.165, 1.54) is 5.56 Å². The molecule has 0 spiro atoms. The van der Waals surface area contributed by atoms with Gasteiger partial charge in [-0.1, -0.05) is 34.1 Å². The maximum atomic E-state index is 11.2. The van der Waals surface area contributed by atoms with Gasteiger partial charge in [-0.25, -0.2) is 0 Å². The molecule has 1 aromatic carbocycles. The molecular weight excluding hydrogens is 308 g/mol. The monoisotopic (exact) mass is 322 g/mol. The predicted octanol–water partition coefficient (Wildman–Crippen LogP) is 2.00. The molecular formula is C13H15BrN4O. The normalized spacial score (nSPS) is 10.2. The van der Waals surface area contributed by atoms with Gasteiger partial charge in [-0.05, 0) is 11.6 Å². The molecule has 0 atom stereocenters. The Morgan fingerprint density at radius 2 is 2.21 bits per heavy atom. The zero-order valence-electron chi connectivity index (χ0n) is 10.6. The Balaban J connectivity index is 1.94. The van der Waals surface area contributed by atoms with Gasteiger partial charge in [0, 0.05) is 24.3 Å². The van der Waals surface area contributed by atoms with Crippen LogP contribution in [0.4, 0.5) is 5.69 Å². The average Bonchev–Trinajstić information content (AvgIpc) is 2.85. The van der Waals surface area contributed by atoms with E-state index in [0.717, 1.165) is 10.2 Å². The van der Waals surface area contributed by atoms with E-state index < -0.39 is 0 Å². The highest BCUT2D eigenvalue weighted by atomic mass is 79.9. The SMILES string of the molecule is CNC(=O)Cn1cc(NCc2ccccc2Br)cn1. The first-order valence-electron chi connectivity index (χ1n) is 5.89. The number of benzene rings is 1. The minimum absolute atomic E-state index is 0.0690. The highest BCUT2D eigenvalue weighted by Crippen LogP contribution is 2.17. The number of nitrogens with one attached hydrogen (secondary N) is 2. The van der Waals surface area contributed by atoms with Crippen molar-refractivity contribution in [3.63, 3.8) is 0 Å². The molecule has 1 heterocycles. The lowest BCUT2D eigenvalue weighted by molar-refractivity contribution is -0.121. The van der Waals surface area contributed by atoms with Crippen LogP contribution in [-0.4, -0.2) is 22.7 Å². The maximum absolute atomic E-state index is 11.2. The van der Waals surface area contributed by atoms with E-state index >= 15 is 0 Å². The molecule has 0 aliphatic heterocycles. The summed E-state index contributed by atoms with van der Waals surface area (Å²) in [5, 5.41) is 9.95. The summed E-state index contributed by atoms with van der Waals surface area (Å²) in [4.78, 5) is 11.2. The molecule has 0 saturated heterocycles. The van der Waals surface area contributed by atoms with Crippen molar-refractivity contribution < 1.29 is 4.79 Å². The summed E-state index contributed by atoms with van der Waals surface area (Å²) in [6.45, 7) is 0.931. The number of rotatable bonds is 5. The summed E-state index contributed by atoms with van der Waals surface area (Å²) in [5.41, 5.74) is 2.06. The van der Waals surface area contributed by atoms with Crippen LogP contribution in [0.15, 0.2) is 41.1 Å². The molecule has 5 nitrogen and oxygen atoms in total. The molecule has 2 aromatic rings. The Kier molecular flexibility index (Phi) is 4.57. The van der Waals surface area contributed by atoms with E-state index in [4.69, 9.17) is 0 Å². The van der Waals surface area contributed by atoms with Crippen LogP contribution >= 0.6 is 15.9 Å². The van der Waals surface area contributed by atoms with Crippen molar-refractivity contribution in [2.75, 3.05) is 12.4 Å². The number of likely N-dealkylation sites (N-methyl/N-ethyl adjacent to an activating group) is 1. The summed E-state index contributed by atoms with van der Waals surface area (Å²) in [6.07, 6.45) is 3.52. The highest BCUT2D eigenvalue weighted by molar-refractivity contribution is 9.10. The summed E-state index contributed by atoms with van der Waals surface area (Å²) in [7, 11) is 1.61. The number of hydrogen-bond donors (Lipinski definition) is 2. The van der Waals surface area contributed by atoms with Gasteiger partial charge in [0.1, 0.15) is 6.54 Å². The van der Waals surface area contributed by atoms with E-state index in [1.54, 1.807) is 17.9 Å². The summed E-state index contributed by atoms with van der Waals surface area (Å²) >= 11 is 3.50. The molecule has 0 aliphatic carbocycles. The molecule has 0 radical (unpaired) electrons. The van der Waals surface area contributed by atoms with Gasteiger partial charge in [0.15, 0.2) is 0 Å². The second-order valence-electron chi connectivity index (χ2n) is 4.04. The molecule has 0 fully saturated rings. The topological polar surface area (TPSA) is 59.0 Å². The predicted molar refractivity (Wildman–Crippen MR) is 77.8 cm³/mol. The zero-order valence-corrected chi connectivity index (χ0v) is 12.1. The second-order valence-corrected chi connectivity index (χ2v) is 4.90. The van der Waals surface area contributed by atoms with Crippen LogP contribution in [-0.2, 0) is 17.9 Å². The Morgan fingerprint density at radius 3 is 2.95 bits per heavy atom. The molecule has 0 saturated carbocycles. The molecule has 0 unspecified atom stereocenters. The quantitative estimate of drug-likeness (QED) is 0.885. The summed E-state index contributed by atoms with van der Waals surface area (Å²) in [5.74, 6) is -0.0690. The fourth-order valence-corrected chi connectivity index (χ4v) is 2.03. The molecule has 1 aromatic heterocycles. The minimum atomic E-state index is -0.0690. The molecule has 19 heavy (non-hydrogen) atoms. The second kappa shape index (κ2) is 6.38. The van der Waals surface area contributed by atoms with Crippen LogP contribution in [0.2, 0.25) is 0 Å². The van der Waals surface area contributed by atoms with Crippen molar-refractivity contribution in [3.05, 3.63) is 46.7 Å². The average molecular weight is 323 g/mol. The van der Waals surface area contributed by atoms with E-state index in [0.29, 0.717) is 6.54 Å². The third-order valence-corrected chi connectivity index (χ3v) is 3.43. The molecule has 0 aliphatic rings. The Labute approximate surface area is 120 Å². The van der Waals surface area contributed by atoms with E-state index in [9.17, 15) is 4.79 Å². The molecule has 1 amide bonds. The van der Waals surface area contributed by atoms with E-state index in [1.807, 2.05) is 30.5 Å². The lowest BCUT2D eigenvalue weighted by Gasteiger charge is -2.05. The fourth-order valence-electron chi connectivity index (χ4n) is 1.61. The number of nitrogens with zero attached hydrogens (tertiary/aromatic N) is 2. The van der Waals surface area contributed by atoms with Crippen LogP contribution in [0.25, 0.3) is 0 Å². The third-order valence-electron chi connectivity index (χ3n) is 2.66. The number of carbonyl (C=O) groups excluding carboxylic acids is 1. The van der Waals surface area contributed by atoms with Crippen LogP contribution in [0.3, 0.4) is 0 Å². The van der Waals surface area contributed by atoms with Gasteiger partial charge in [0.05, 0.1) is 11.9 Å². The Hall–Kier alpha value is -1.82. The summed E-state index contributed by atoms with van der Waals surface area (Å²) in [6, 6.07) is 8.03. The lowest BCUT2D eigenvalue weighted by atomic mass is 10.2. The first kappa shape index (κ1) is 13.6. The molecule has 2 N–H and O–H groups in total. The number of aromatic nitrogens is 2. The Morgan fingerprint density at radius 1 is 1.42 bits per heavy atom. The van der Waals surface area contributed by atoms with Crippen LogP contribution in [0.5, 0.6) is 0 Å². The largest absolute Gasteiger partial charge is 0.378 e. The van der Waals surface area contributed by atoms with Crippen LogP contribution in [0.1, 0.15) is 5.56 Å². The number of amides is 1. The first-order chi connectivity index (χ1) is 9.19. The van der Waals surface area contributed by atoms with Gasteiger partial charge in [0.2, 0.25) is 5.91 Å². The highest BCUT2D eigenvalue weighted by Gasteiger charge is 2.03. The van der Waals surface area contributed by atoms with Gasteiger partial charge in [-0.15, -0.1) is 0 Å². The van der Waals surface area contributed by atoms with Gasteiger partial charge < -0.3 is 10.6 Å². The van der Waals surface area contributed by atoms with Crippen molar-refractivity contribution in [3.8, 4) is 0 Å². The van der Waals surface area contributed by atoms with Crippen LogP contribution < -0.4 is 10.6 Å². The van der Waals surface area contributed by atoms with Gasteiger partial charge >= 0.3 is 0 Å². The van der Waals surface area contributed by atoms with Gasteiger partial charge in [-0.2, -0.15) is 5.10 Å². The van der Waals surface area contributed by atoms with Crippen LogP contribution in [0, 0.1) is 0 Å². The maximum Gasteiger partial charge on any atom is 0.241 e. The smallest absolute Gasteiger partial charge is 0.241 e. The van der Waals surface area contributed by atoms with Crippen molar-refractivity contribution in [2.24, 2.45) is 0 Å². The van der Waals surface area contributed by atoms with Crippen molar-refractivity contribution >= 4 is 27.5 Å². The van der Waals surface area contributed by atoms with Crippen molar-refractivity contribution in [2.45, 2.75) is 13.1 Å². The van der Waals surface area contributed by atoms with Crippen molar-refractivity contribution in [1.29, 1.82) is 0 Å². The first-order valence-corrected chi connectivity index (χ1v) is 6.68. The standard InChI is InChI=1S/C13H15BrN4O/c1-15-13(19)9-18-8-11(7-17-18)16-6-10-4-2-3-5-12(10)14/h2-5,7-8,16H,6,9H2,1H3,(H,15,19). The van der Waals surface area contributed by atoms with Gasteiger partial charge in [0.25, 0.3) is 0 Å². The minimum Gasteiger partial charge on any atom is -0.378 e. The number of carbonyl (C=O) groups is 1. The van der Waals surface area contributed by atoms with Crippen molar-refractivity contribution in [1.82, 2.24) is 15.1 Å². The van der Waals surface area contributed by atoms with E-state index in [2.05, 4.69) is 31.7 Å². The number of halogens is 1. The zero-order chi connectivity index (χ0) is 13.7.